The third-order valence-corrected chi connectivity index (χ3v) is 4.42. The van der Waals surface area contributed by atoms with Gasteiger partial charge in [0.25, 0.3) is 0 Å². The summed E-state index contributed by atoms with van der Waals surface area (Å²) in [5, 5.41) is 0. The van der Waals surface area contributed by atoms with Gasteiger partial charge in [0.1, 0.15) is 0 Å². The second-order valence-corrected chi connectivity index (χ2v) is 5.94. The van der Waals surface area contributed by atoms with Crippen LogP contribution in [0.1, 0.15) is 53.9 Å². The largest absolute Gasteiger partial charge is 0.301 e. The van der Waals surface area contributed by atoms with Crippen LogP contribution in [0.4, 0.5) is 0 Å². The smallest absolute Gasteiger partial charge is 0.00643 e. The fraction of sp³-hybridized carbons (Fsp3) is 0.667. The lowest BCUT2D eigenvalue weighted by atomic mass is 9.86. The lowest BCUT2D eigenvalue weighted by molar-refractivity contribution is 0.217. The van der Waals surface area contributed by atoms with Gasteiger partial charge in [0.15, 0.2) is 0 Å². The Bertz CT molecular complexity index is 362. The molecule has 0 aromatic heterocycles. The van der Waals surface area contributed by atoms with Crippen molar-refractivity contribution in [2.24, 2.45) is 5.92 Å². The van der Waals surface area contributed by atoms with E-state index in [1.165, 1.54) is 23.1 Å². The first-order valence-electron chi connectivity index (χ1n) is 7.79. The Hall–Kier alpha value is -0.820. The first-order valence-corrected chi connectivity index (χ1v) is 7.79. The monoisotopic (exact) mass is 261 g/mol. The minimum Gasteiger partial charge on any atom is -0.301 e. The molecule has 0 radical (unpaired) electrons. The van der Waals surface area contributed by atoms with Crippen molar-refractivity contribution in [3.8, 4) is 0 Å². The van der Waals surface area contributed by atoms with Crippen LogP contribution in [0.3, 0.4) is 0 Å². The highest BCUT2D eigenvalue weighted by molar-refractivity contribution is 5.40. The highest BCUT2D eigenvalue weighted by Gasteiger charge is 2.15. The fourth-order valence-electron chi connectivity index (χ4n) is 2.76. The molecular weight excluding hydrogens is 230 g/mol. The third-order valence-electron chi connectivity index (χ3n) is 4.42. The molecule has 1 nitrogen and oxygen atoms in total. The standard InChI is InChI=1S/C18H31N/c1-7-17(6)19(8-2)12-11-16(5)18-13-14(3)9-10-15(18)4/h9-10,14,17H,5,7-8,11-13H2,1-4,6H3. The van der Waals surface area contributed by atoms with E-state index in [-0.39, 0.29) is 0 Å². The summed E-state index contributed by atoms with van der Waals surface area (Å²) in [6, 6.07) is 0.679. The molecule has 0 saturated heterocycles. The third kappa shape index (κ3) is 4.65. The molecule has 108 valence electrons. The minimum absolute atomic E-state index is 0.660. The Balaban J connectivity index is 2.58. The maximum Gasteiger partial charge on any atom is 0.00643 e. The SMILES string of the molecule is C=C(CCN(CC)C(C)CC)C1=C(C)C=CC(C)C1. The predicted molar refractivity (Wildman–Crippen MR) is 86.4 cm³/mol. The first kappa shape index (κ1) is 16.2. The second-order valence-electron chi connectivity index (χ2n) is 5.94. The van der Waals surface area contributed by atoms with Crippen molar-refractivity contribution in [1.29, 1.82) is 0 Å². The van der Waals surface area contributed by atoms with Crippen molar-refractivity contribution >= 4 is 0 Å². The molecule has 0 heterocycles. The first-order chi connectivity index (χ1) is 8.99. The number of allylic oxidation sites excluding steroid dienone is 4. The van der Waals surface area contributed by atoms with Crippen molar-refractivity contribution in [2.45, 2.75) is 59.9 Å². The quantitative estimate of drug-likeness (QED) is 0.625. The summed E-state index contributed by atoms with van der Waals surface area (Å²) < 4.78 is 0. The van der Waals surface area contributed by atoms with Gasteiger partial charge in [-0.25, -0.2) is 0 Å². The Morgan fingerprint density at radius 2 is 2.16 bits per heavy atom. The maximum atomic E-state index is 4.34. The summed E-state index contributed by atoms with van der Waals surface area (Å²) in [7, 11) is 0. The summed E-state index contributed by atoms with van der Waals surface area (Å²) in [4.78, 5) is 2.56. The van der Waals surface area contributed by atoms with Gasteiger partial charge in [0, 0.05) is 12.6 Å². The molecule has 0 saturated carbocycles. The molecule has 2 atom stereocenters. The zero-order valence-corrected chi connectivity index (χ0v) is 13.5. The van der Waals surface area contributed by atoms with E-state index in [2.05, 4.69) is 58.2 Å². The Morgan fingerprint density at radius 1 is 1.47 bits per heavy atom. The number of nitrogens with zero attached hydrogens (tertiary/aromatic N) is 1. The zero-order valence-electron chi connectivity index (χ0n) is 13.5. The molecule has 19 heavy (non-hydrogen) atoms. The molecule has 0 aromatic rings. The van der Waals surface area contributed by atoms with E-state index < -0.39 is 0 Å². The van der Waals surface area contributed by atoms with Crippen LogP contribution in [-0.2, 0) is 0 Å². The highest BCUT2D eigenvalue weighted by atomic mass is 15.1. The van der Waals surface area contributed by atoms with Crippen molar-refractivity contribution in [2.75, 3.05) is 13.1 Å². The molecular formula is C18H31N. The Labute approximate surface area is 120 Å². The molecule has 0 fully saturated rings. The Morgan fingerprint density at radius 3 is 2.74 bits per heavy atom. The van der Waals surface area contributed by atoms with Gasteiger partial charge in [-0.3, -0.25) is 0 Å². The van der Waals surface area contributed by atoms with Crippen LogP contribution >= 0.6 is 0 Å². The lowest BCUT2D eigenvalue weighted by Crippen LogP contribution is -2.33. The van der Waals surface area contributed by atoms with Gasteiger partial charge in [-0.2, -0.15) is 0 Å². The molecule has 1 aliphatic rings. The van der Waals surface area contributed by atoms with Gasteiger partial charge in [0.2, 0.25) is 0 Å². The number of rotatable bonds is 7. The van der Waals surface area contributed by atoms with Gasteiger partial charge < -0.3 is 4.90 Å². The fourth-order valence-corrected chi connectivity index (χ4v) is 2.76. The van der Waals surface area contributed by atoms with Crippen LogP contribution in [0.5, 0.6) is 0 Å². The minimum atomic E-state index is 0.660. The van der Waals surface area contributed by atoms with E-state index in [0.29, 0.717) is 12.0 Å². The zero-order chi connectivity index (χ0) is 14.4. The predicted octanol–water partition coefficient (Wildman–Crippen LogP) is 4.97. The van der Waals surface area contributed by atoms with Crippen LogP contribution in [0, 0.1) is 5.92 Å². The van der Waals surface area contributed by atoms with E-state index >= 15 is 0 Å². The Kier molecular flexibility index (Phi) is 6.57. The van der Waals surface area contributed by atoms with E-state index in [4.69, 9.17) is 0 Å². The lowest BCUT2D eigenvalue weighted by Gasteiger charge is -2.28. The topological polar surface area (TPSA) is 3.24 Å². The molecule has 1 rings (SSSR count). The summed E-state index contributed by atoms with van der Waals surface area (Å²) in [6.45, 7) is 18.0. The van der Waals surface area contributed by atoms with Crippen molar-refractivity contribution in [3.63, 3.8) is 0 Å². The van der Waals surface area contributed by atoms with E-state index in [1.54, 1.807) is 0 Å². The van der Waals surface area contributed by atoms with Crippen LogP contribution in [0.25, 0.3) is 0 Å². The van der Waals surface area contributed by atoms with Crippen molar-refractivity contribution < 1.29 is 0 Å². The number of hydrogen-bond acceptors (Lipinski definition) is 1. The molecule has 2 unspecified atom stereocenters. The molecule has 0 N–H and O–H groups in total. The van der Waals surface area contributed by atoms with E-state index in [9.17, 15) is 0 Å². The number of hydrogen-bond donors (Lipinski definition) is 0. The van der Waals surface area contributed by atoms with Gasteiger partial charge in [0.05, 0.1) is 0 Å². The van der Waals surface area contributed by atoms with Gasteiger partial charge in [-0.1, -0.05) is 45.1 Å². The van der Waals surface area contributed by atoms with Crippen LogP contribution in [-0.4, -0.2) is 24.0 Å². The van der Waals surface area contributed by atoms with Crippen LogP contribution in [0.15, 0.2) is 35.5 Å². The average molecular weight is 261 g/mol. The van der Waals surface area contributed by atoms with Crippen molar-refractivity contribution in [3.05, 3.63) is 35.5 Å². The van der Waals surface area contributed by atoms with Crippen LogP contribution in [0.2, 0.25) is 0 Å². The molecule has 0 aromatic carbocycles. The molecule has 0 amide bonds. The van der Waals surface area contributed by atoms with Crippen LogP contribution < -0.4 is 0 Å². The van der Waals surface area contributed by atoms with E-state index in [0.717, 1.165) is 25.9 Å². The molecule has 1 heteroatoms. The molecule has 0 aliphatic heterocycles. The molecule has 1 aliphatic carbocycles. The molecule has 0 bridgehead atoms. The highest BCUT2D eigenvalue weighted by Crippen LogP contribution is 2.29. The summed E-state index contributed by atoms with van der Waals surface area (Å²) in [5.41, 5.74) is 4.25. The van der Waals surface area contributed by atoms with Gasteiger partial charge in [-0.05, 0) is 56.7 Å². The van der Waals surface area contributed by atoms with E-state index in [1.807, 2.05) is 0 Å². The van der Waals surface area contributed by atoms with Crippen molar-refractivity contribution in [1.82, 2.24) is 4.90 Å². The average Bonchev–Trinajstić information content (AvgIpc) is 2.41. The molecule has 0 spiro atoms. The maximum absolute atomic E-state index is 4.34. The second kappa shape index (κ2) is 7.69. The summed E-state index contributed by atoms with van der Waals surface area (Å²) in [6.07, 6.45) is 8.06. The van der Waals surface area contributed by atoms with Gasteiger partial charge in [-0.15, -0.1) is 0 Å². The summed E-state index contributed by atoms with van der Waals surface area (Å²) >= 11 is 0. The normalized spacial score (nSPS) is 21.1. The summed E-state index contributed by atoms with van der Waals surface area (Å²) in [5.74, 6) is 0.660. The van der Waals surface area contributed by atoms with Gasteiger partial charge >= 0.3 is 0 Å².